The molecule has 1 aliphatic heterocycles. The van der Waals surface area contributed by atoms with Crippen molar-refractivity contribution < 1.29 is 4.74 Å². The summed E-state index contributed by atoms with van der Waals surface area (Å²) in [4.78, 5) is 2.51. The first-order valence-electron chi connectivity index (χ1n) is 5.82. The number of hydrogen-bond donors (Lipinski definition) is 1. The van der Waals surface area contributed by atoms with E-state index in [0.717, 1.165) is 19.6 Å². The largest absolute Gasteiger partial charge is 0.380 e. The van der Waals surface area contributed by atoms with Gasteiger partial charge in [0.15, 0.2) is 0 Å². The zero-order valence-electron chi connectivity index (χ0n) is 9.59. The molecule has 84 valence electrons. The highest BCUT2D eigenvalue weighted by molar-refractivity contribution is 4.75. The molecule has 1 unspecified atom stereocenters. The van der Waals surface area contributed by atoms with Gasteiger partial charge in [-0.1, -0.05) is 6.92 Å². The van der Waals surface area contributed by atoms with Crippen LogP contribution >= 0.6 is 0 Å². The van der Waals surface area contributed by atoms with Crippen molar-refractivity contribution in [1.82, 2.24) is 10.2 Å². The Morgan fingerprint density at radius 3 is 2.93 bits per heavy atom. The minimum Gasteiger partial charge on any atom is -0.380 e. The van der Waals surface area contributed by atoms with Crippen molar-refractivity contribution in [3.05, 3.63) is 0 Å². The van der Waals surface area contributed by atoms with Gasteiger partial charge in [0.25, 0.3) is 0 Å². The summed E-state index contributed by atoms with van der Waals surface area (Å²) < 4.78 is 5.33. The molecule has 0 amide bonds. The molecule has 1 atom stereocenters. The smallest absolute Gasteiger partial charge is 0.0710 e. The third-order valence-corrected chi connectivity index (χ3v) is 2.89. The van der Waals surface area contributed by atoms with Gasteiger partial charge in [0, 0.05) is 20.2 Å². The fourth-order valence-electron chi connectivity index (χ4n) is 1.95. The molecular formula is C11H24N2O. The van der Waals surface area contributed by atoms with Gasteiger partial charge in [0.2, 0.25) is 0 Å². The van der Waals surface area contributed by atoms with Gasteiger partial charge >= 0.3 is 0 Å². The van der Waals surface area contributed by atoms with E-state index in [1.54, 1.807) is 0 Å². The summed E-state index contributed by atoms with van der Waals surface area (Å²) in [6.45, 7) is 8.01. The van der Waals surface area contributed by atoms with E-state index in [-0.39, 0.29) is 0 Å². The van der Waals surface area contributed by atoms with E-state index in [1.807, 2.05) is 7.11 Å². The van der Waals surface area contributed by atoms with Crippen molar-refractivity contribution in [2.24, 2.45) is 0 Å². The Balaban J connectivity index is 1.92. The molecule has 3 heteroatoms. The van der Waals surface area contributed by atoms with E-state index >= 15 is 0 Å². The van der Waals surface area contributed by atoms with Gasteiger partial charge in [-0.3, -0.25) is 0 Å². The summed E-state index contributed by atoms with van der Waals surface area (Å²) in [6, 6.07) is 0. The molecule has 0 aromatic rings. The Morgan fingerprint density at radius 2 is 2.29 bits per heavy atom. The Kier molecular flexibility index (Phi) is 6.15. The van der Waals surface area contributed by atoms with Gasteiger partial charge in [0.05, 0.1) is 6.10 Å². The van der Waals surface area contributed by atoms with Crippen LogP contribution in [-0.2, 0) is 4.74 Å². The normalized spacial score (nSPS) is 23.1. The molecule has 0 aliphatic carbocycles. The molecule has 14 heavy (non-hydrogen) atoms. The van der Waals surface area contributed by atoms with Crippen LogP contribution < -0.4 is 5.32 Å². The van der Waals surface area contributed by atoms with Crippen molar-refractivity contribution in [1.29, 1.82) is 0 Å². The highest BCUT2D eigenvalue weighted by Gasteiger charge is 2.20. The molecule has 0 radical (unpaired) electrons. The number of nitrogens with one attached hydrogen (secondary N) is 1. The predicted octanol–water partition coefficient (Wildman–Crippen LogP) is 1.10. The van der Waals surface area contributed by atoms with Gasteiger partial charge in [-0.05, 0) is 38.9 Å². The van der Waals surface area contributed by atoms with Crippen LogP contribution in [0, 0.1) is 0 Å². The van der Waals surface area contributed by atoms with Crippen LogP contribution in [0.5, 0.6) is 0 Å². The Hall–Kier alpha value is -0.120. The highest BCUT2D eigenvalue weighted by Crippen LogP contribution is 2.11. The molecule has 0 spiro atoms. The van der Waals surface area contributed by atoms with Crippen LogP contribution in [0.25, 0.3) is 0 Å². The molecule has 1 rings (SSSR count). The second-order valence-corrected chi connectivity index (χ2v) is 4.01. The first kappa shape index (κ1) is 12.0. The minimum atomic E-state index is 0.490. The molecule has 0 bridgehead atoms. The molecule has 1 saturated heterocycles. The van der Waals surface area contributed by atoms with Crippen LogP contribution in [0.3, 0.4) is 0 Å². The summed E-state index contributed by atoms with van der Waals surface area (Å²) in [5, 5.41) is 3.35. The minimum absolute atomic E-state index is 0.490. The van der Waals surface area contributed by atoms with Gasteiger partial charge in [-0.25, -0.2) is 0 Å². The van der Waals surface area contributed by atoms with Crippen molar-refractivity contribution in [3.63, 3.8) is 0 Å². The van der Waals surface area contributed by atoms with Crippen molar-refractivity contribution in [3.8, 4) is 0 Å². The number of unbranched alkanes of at least 4 members (excludes halogenated alkanes) is 1. The fourth-order valence-corrected chi connectivity index (χ4v) is 1.95. The third kappa shape index (κ3) is 4.40. The topological polar surface area (TPSA) is 24.5 Å². The van der Waals surface area contributed by atoms with Crippen LogP contribution in [0.2, 0.25) is 0 Å². The lowest BCUT2D eigenvalue weighted by Gasteiger charge is -2.15. The van der Waals surface area contributed by atoms with Crippen LogP contribution in [-0.4, -0.2) is 50.8 Å². The zero-order chi connectivity index (χ0) is 10.2. The van der Waals surface area contributed by atoms with E-state index in [9.17, 15) is 0 Å². The number of hydrogen-bond acceptors (Lipinski definition) is 3. The average Bonchev–Trinajstić information content (AvgIpc) is 2.65. The number of methoxy groups -OCH3 is 1. The van der Waals surface area contributed by atoms with Crippen LogP contribution in [0.15, 0.2) is 0 Å². The summed E-state index contributed by atoms with van der Waals surface area (Å²) in [7, 11) is 1.82. The Morgan fingerprint density at radius 1 is 1.43 bits per heavy atom. The van der Waals surface area contributed by atoms with Crippen molar-refractivity contribution in [2.75, 3.05) is 39.8 Å². The number of nitrogens with zero attached hydrogens (tertiary/aromatic N) is 1. The Labute approximate surface area is 87.8 Å². The van der Waals surface area contributed by atoms with Crippen LogP contribution in [0.1, 0.15) is 26.2 Å². The summed E-state index contributed by atoms with van der Waals surface area (Å²) in [5.74, 6) is 0. The molecule has 0 aromatic heterocycles. The fraction of sp³-hybridized carbons (Fsp3) is 1.00. The number of likely N-dealkylation sites (tertiary alicyclic amines) is 1. The lowest BCUT2D eigenvalue weighted by molar-refractivity contribution is 0.108. The molecule has 3 nitrogen and oxygen atoms in total. The van der Waals surface area contributed by atoms with E-state index in [2.05, 4.69) is 17.1 Å². The van der Waals surface area contributed by atoms with Crippen molar-refractivity contribution >= 4 is 0 Å². The highest BCUT2D eigenvalue weighted by atomic mass is 16.5. The summed E-state index contributed by atoms with van der Waals surface area (Å²) >= 11 is 0. The molecule has 1 N–H and O–H groups in total. The quantitative estimate of drug-likeness (QED) is 0.623. The SMILES string of the molecule is CCNCCCCN1CCC(OC)C1. The van der Waals surface area contributed by atoms with E-state index < -0.39 is 0 Å². The van der Waals surface area contributed by atoms with E-state index in [1.165, 1.54) is 32.4 Å². The zero-order valence-corrected chi connectivity index (χ0v) is 9.59. The molecule has 1 heterocycles. The number of rotatable bonds is 7. The van der Waals surface area contributed by atoms with Gasteiger partial charge < -0.3 is 15.0 Å². The maximum Gasteiger partial charge on any atom is 0.0710 e. The lowest BCUT2D eigenvalue weighted by Crippen LogP contribution is -2.24. The van der Waals surface area contributed by atoms with Gasteiger partial charge in [0.1, 0.15) is 0 Å². The lowest BCUT2D eigenvalue weighted by atomic mass is 10.3. The maximum absolute atomic E-state index is 5.33. The summed E-state index contributed by atoms with van der Waals surface area (Å²) in [5.41, 5.74) is 0. The molecule has 1 aliphatic rings. The van der Waals surface area contributed by atoms with Crippen LogP contribution in [0.4, 0.5) is 0 Å². The van der Waals surface area contributed by atoms with Gasteiger partial charge in [-0.2, -0.15) is 0 Å². The molecule has 0 aromatic carbocycles. The third-order valence-electron chi connectivity index (χ3n) is 2.89. The second-order valence-electron chi connectivity index (χ2n) is 4.01. The average molecular weight is 200 g/mol. The molecule has 0 saturated carbocycles. The maximum atomic E-state index is 5.33. The standard InChI is InChI=1S/C11H24N2O/c1-3-12-7-4-5-8-13-9-6-11(10-13)14-2/h11-12H,3-10H2,1-2H3. The first-order valence-corrected chi connectivity index (χ1v) is 5.82. The monoisotopic (exact) mass is 200 g/mol. The van der Waals surface area contributed by atoms with Gasteiger partial charge in [-0.15, -0.1) is 0 Å². The second kappa shape index (κ2) is 7.21. The summed E-state index contributed by atoms with van der Waals surface area (Å²) in [6.07, 6.45) is 4.30. The molecule has 1 fully saturated rings. The predicted molar refractivity (Wildman–Crippen MR) is 59.6 cm³/mol. The molecular weight excluding hydrogens is 176 g/mol. The first-order chi connectivity index (χ1) is 6.86. The Bertz CT molecular complexity index is 141. The van der Waals surface area contributed by atoms with E-state index in [0.29, 0.717) is 6.10 Å². The van der Waals surface area contributed by atoms with E-state index in [4.69, 9.17) is 4.74 Å². The van der Waals surface area contributed by atoms with Crippen molar-refractivity contribution in [2.45, 2.75) is 32.3 Å². The number of ether oxygens (including phenoxy) is 1.